The van der Waals surface area contributed by atoms with E-state index in [1.165, 1.54) is 6.07 Å². The van der Waals surface area contributed by atoms with Crippen molar-refractivity contribution in [3.63, 3.8) is 0 Å². The van der Waals surface area contributed by atoms with Crippen LogP contribution in [0.2, 0.25) is 0 Å². The molecule has 0 aliphatic carbocycles. The molecule has 17 heavy (non-hydrogen) atoms. The summed E-state index contributed by atoms with van der Waals surface area (Å²) >= 11 is 3.26. The van der Waals surface area contributed by atoms with Crippen molar-refractivity contribution in [2.24, 2.45) is 0 Å². The molecule has 2 unspecified atom stereocenters. The number of anilines is 1. The largest absolute Gasteiger partial charge is 0.380 e. The second-order valence-corrected chi connectivity index (χ2v) is 5.74. The minimum absolute atomic E-state index is 0.189. The molecule has 94 valence electrons. The quantitative estimate of drug-likeness (QED) is 0.899. The highest BCUT2D eigenvalue weighted by molar-refractivity contribution is 9.10. The Bertz CT molecular complexity index is 397. The van der Waals surface area contributed by atoms with Crippen LogP contribution in [0.5, 0.6) is 0 Å². The van der Waals surface area contributed by atoms with Crippen molar-refractivity contribution in [2.75, 3.05) is 18.9 Å². The number of piperidine rings is 1. The molecule has 0 spiro atoms. The lowest BCUT2D eigenvalue weighted by Gasteiger charge is -2.35. The van der Waals surface area contributed by atoms with Gasteiger partial charge in [0.1, 0.15) is 5.82 Å². The van der Waals surface area contributed by atoms with Crippen LogP contribution in [-0.2, 0) is 0 Å². The number of hydrogen-bond donors (Lipinski definition) is 1. The van der Waals surface area contributed by atoms with E-state index in [0.717, 1.165) is 23.9 Å². The summed E-state index contributed by atoms with van der Waals surface area (Å²) in [5.74, 6) is -0.189. The van der Waals surface area contributed by atoms with E-state index in [1.807, 2.05) is 6.07 Å². The first-order chi connectivity index (χ1) is 8.06. The molecule has 4 heteroatoms. The molecule has 0 bridgehead atoms. The van der Waals surface area contributed by atoms with Crippen LogP contribution < -0.4 is 5.32 Å². The third-order valence-corrected chi connectivity index (χ3v) is 3.99. The normalized spacial score (nSPS) is 25.9. The number of hydrogen-bond acceptors (Lipinski definition) is 2. The van der Waals surface area contributed by atoms with Gasteiger partial charge >= 0.3 is 0 Å². The minimum Gasteiger partial charge on any atom is -0.380 e. The molecule has 0 amide bonds. The van der Waals surface area contributed by atoms with Gasteiger partial charge < -0.3 is 10.2 Å². The van der Waals surface area contributed by atoms with E-state index in [-0.39, 0.29) is 5.82 Å². The van der Waals surface area contributed by atoms with Gasteiger partial charge in [-0.25, -0.2) is 4.39 Å². The van der Waals surface area contributed by atoms with Gasteiger partial charge in [0.25, 0.3) is 0 Å². The van der Waals surface area contributed by atoms with E-state index in [0.29, 0.717) is 17.8 Å². The van der Waals surface area contributed by atoms with Crippen molar-refractivity contribution >= 4 is 21.6 Å². The SMILES string of the molecule is CC1CC(Nc2ccc(Br)cc2F)CCN1C. The van der Waals surface area contributed by atoms with Crippen LogP contribution in [0.3, 0.4) is 0 Å². The molecule has 0 radical (unpaired) electrons. The van der Waals surface area contributed by atoms with E-state index >= 15 is 0 Å². The summed E-state index contributed by atoms with van der Waals surface area (Å²) in [6.45, 7) is 3.28. The van der Waals surface area contributed by atoms with Crippen LogP contribution in [0.1, 0.15) is 19.8 Å². The van der Waals surface area contributed by atoms with Crippen molar-refractivity contribution in [3.05, 3.63) is 28.5 Å². The molecular formula is C13H18BrFN2. The van der Waals surface area contributed by atoms with Crippen molar-refractivity contribution in [3.8, 4) is 0 Å². The summed E-state index contributed by atoms with van der Waals surface area (Å²) in [5.41, 5.74) is 0.606. The average Bonchev–Trinajstić information content (AvgIpc) is 2.27. The minimum atomic E-state index is -0.189. The summed E-state index contributed by atoms with van der Waals surface area (Å²) in [4.78, 5) is 2.34. The smallest absolute Gasteiger partial charge is 0.147 e. The summed E-state index contributed by atoms with van der Waals surface area (Å²) in [6.07, 6.45) is 2.13. The van der Waals surface area contributed by atoms with Gasteiger partial charge in [-0.3, -0.25) is 0 Å². The molecule has 0 saturated carbocycles. The standard InChI is InChI=1S/C13H18BrFN2/c1-9-7-11(5-6-17(9)2)16-13-4-3-10(14)8-12(13)15/h3-4,8-9,11,16H,5-7H2,1-2H3. The van der Waals surface area contributed by atoms with Crippen molar-refractivity contribution in [1.29, 1.82) is 0 Å². The molecule has 2 nitrogen and oxygen atoms in total. The fourth-order valence-electron chi connectivity index (χ4n) is 2.25. The lowest BCUT2D eigenvalue weighted by Crippen LogP contribution is -2.42. The van der Waals surface area contributed by atoms with Gasteiger partial charge in [0, 0.05) is 23.1 Å². The molecular weight excluding hydrogens is 283 g/mol. The maximum Gasteiger partial charge on any atom is 0.147 e. The predicted octanol–water partition coefficient (Wildman–Crippen LogP) is 3.48. The second kappa shape index (κ2) is 5.36. The van der Waals surface area contributed by atoms with Crippen LogP contribution in [0, 0.1) is 5.82 Å². The Morgan fingerprint density at radius 1 is 1.47 bits per heavy atom. The van der Waals surface area contributed by atoms with Crippen molar-refractivity contribution < 1.29 is 4.39 Å². The fraction of sp³-hybridized carbons (Fsp3) is 0.538. The highest BCUT2D eigenvalue weighted by atomic mass is 79.9. The predicted molar refractivity (Wildman–Crippen MR) is 72.8 cm³/mol. The highest BCUT2D eigenvalue weighted by Gasteiger charge is 2.23. The zero-order valence-electron chi connectivity index (χ0n) is 10.2. The molecule has 1 saturated heterocycles. The molecule has 1 aliphatic heterocycles. The number of nitrogens with zero attached hydrogens (tertiary/aromatic N) is 1. The van der Waals surface area contributed by atoms with Crippen LogP contribution in [0.15, 0.2) is 22.7 Å². The van der Waals surface area contributed by atoms with Crippen molar-refractivity contribution in [1.82, 2.24) is 4.90 Å². The first kappa shape index (κ1) is 12.8. The van der Waals surface area contributed by atoms with E-state index in [4.69, 9.17) is 0 Å². The molecule has 1 heterocycles. The molecule has 2 rings (SSSR count). The van der Waals surface area contributed by atoms with Crippen LogP contribution >= 0.6 is 15.9 Å². The summed E-state index contributed by atoms with van der Waals surface area (Å²) < 4.78 is 14.5. The number of halogens is 2. The van der Waals surface area contributed by atoms with E-state index in [1.54, 1.807) is 6.07 Å². The van der Waals surface area contributed by atoms with Gasteiger partial charge in [0.2, 0.25) is 0 Å². The first-order valence-electron chi connectivity index (χ1n) is 5.98. The maximum absolute atomic E-state index is 13.7. The van der Waals surface area contributed by atoms with E-state index in [2.05, 4.69) is 40.1 Å². The number of rotatable bonds is 2. The van der Waals surface area contributed by atoms with Gasteiger partial charge in [-0.05, 0) is 45.0 Å². The maximum atomic E-state index is 13.7. The topological polar surface area (TPSA) is 15.3 Å². The third-order valence-electron chi connectivity index (χ3n) is 3.50. The van der Waals surface area contributed by atoms with Gasteiger partial charge in [-0.1, -0.05) is 15.9 Å². The van der Waals surface area contributed by atoms with E-state index < -0.39 is 0 Å². The summed E-state index contributed by atoms with van der Waals surface area (Å²) in [7, 11) is 2.14. The molecule has 1 fully saturated rings. The second-order valence-electron chi connectivity index (χ2n) is 4.82. The Hall–Kier alpha value is -0.610. The lowest BCUT2D eigenvalue weighted by atomic mass is 9.98. The Morgan fingerprint density at radius 3 is 2.88 bits per heavy atom. The van der Waals surface area contributed by atoms with Gasteiger partial charge in [0.05, 0.1) is 5.69 Å². The van der Waals surface area contributed by atoms with Gasteiger partial charge in [-0.2, -0.15) is 0 Å². The van der Waals surface area contributed by atoms with E-state index in [9.17, 15) is 4.39 Å². The first-order valence-corrected chi connectivity index (χ1v) is 6.77. The van der Waals surface area contributed by atoms with Crippen LogP contribution in [0.4, 0.5) is 10.1 Å². The summed E-state index contributed by atoms with van der Waals surface area (Å²) in [6, 6.07) is 6.09. The molecule has 2 atom stereocenters. The molecule has 1 N–H and O–H groups in total. The number of likely N-dealkylation sites (tertiary alicyclic amines) is 1. The van der Waals surface area contributed by atoms with Crippen molar-refractivity contribution in [2.45, 2.75) is 31.8 Å². The number of benzene rings is 1. The lowest BCUT2D eigenvalue weighted by molar-refractivity contribution is 0.190. The average molecular weight is 301 g/mol. The highest BCUT2D eigenvalue weighted by Crippen LogP contribution is 2.23. The fourth-order valence-corrected chi connectivity index (χ4v) is 2.58. The monoisotopic (exact) mass is 300 g/mol. The Labute approximate surface area is 110 Å². The molecule has 1 aromatic carbocycles. The molecule has 1 aromatic rings. The third kappa shape index (κ3) is 3.19. The summed E-state index contributed by atoms with van der Waals surface area (Å²) in [5, 5.41) is 3.30. The zero-order chi connectivity index (χ0) is 12.4. The van der Waals surface area contributed by atoms with Crippen LogP contribution in [-0.4, -0.2) is 30.6 Å². The molecule has 1 aliphatic rings. The van der Waals surface area contributed by atoms with Gasteiger partial charge in [0.15, 0.2) is 0 Å². The Balaban J connectivity index is 2.01. The van der Waals surface area contributed by atoms with Gasteiger partial charge in [-0.15, -0.1) is 0 Å². The zero-order valence-corrected chi connectivity index (χ0v) is 11.8. The van der Waals surface area contributed by atoms with Crippen LogP contribution in [0.25, 0.3) is 0 Å². The Kier molecular flexibility index (Phi) is 4.05. The Morgan fingerprint density at radius 2 is 2.24 bits per heavy atom. The number of nitrogens with one attached hydrogen (secondary N) is 1. The molecule has 0 aromatic heterocycles.